The number of carbonyl (C=O) groups excluding carboxylic acids is 2. The molecule has 2 heterocycles. The number of aryl methyl sites for hydroxylation is 1. The lowest BCUT2D eigenvalue weighted by atomic mass is 10.1. The van der Waals surface area contributed by atoms with Gasteiger partial charge in [-0.2, -0.15) is 0 Å². The number of Topliss-reactive ketones (excluding diaryl/α,β-unsaturated/α-hetero) is 1. The van der Waals surface area contributed by atoms with Crippen LogP contribution in [0.2, 0.25) is 0 Å². The number of ketones is 1. The highest BCUT2D eigenvalue weighted by Crippen LogP contribution is 2.31. The van der Waals surface area contributed by atoms with Crippen molar-refractivity contribution < 1.29 is 14.3 Å². The molecule has 2 aromatic heterocycles. The largest absolute Gasteiger partial charge is 0.453 e. The summed E-state index contributed by atoms with van der Waals surface area (Å²) >= 11 is 1.27. The van der Waals surface area contributed by atoms with Gasteiger partial charge < -0.3 is 10.5 Å². The highest BCUT2D eigenvalue weighted by molar-refractivity contribution is 7.21. The van der Waals surface area contributed by atoms with Crippen LogP contribution in [-0.2, 0) is 11.3 Å². The van der Waals surface area contributed by atoms with Gasteiger partial charge in [0, 0.05) is 11.2 Å². The Bertz CT molecular complexity index is 1190. The normalized spacial score (nSPS) is 10.9. The predicted octanol–water partition coefficient (Wildman–Crippen LogP) is 2.09. The number of H-pyrrole nitrogens is 1. The molecule has 0 radical (unpaired) electrons. The monoisotopic (exact) mass is 401 g/mol. The van der Waals surface area contributed by atoms with E-state index in [1.165, 1.54) is 11.3 Å². The molecule has 8 nitrogen and oxygen atoms in total. The Morgan fingerprint density at radius 3 is 2.64 bits per heavy atom. The third-order valence-corrected chi connectivity index (χ3v) is 5.58. The van der Waals surface area contributed by atoms with Gasteiger partial charge in [0.15, 0.2) is 6.61 Å². The lowest BCUT2D eigenvalue weighted by Crippen LogP contribution is -2.37. The maximum Gasteiger partial charge on any atom is 0.349 e. The van der Waals surface area contributed by atoms with Gasteiger partial charge in [-0.15, -0.1) is 11.3 Å². The van der Waals surface area contributed by atoms with Gasteiger partial charge in [0.1, 0.15) is 16.3 Å². The zero-order valence-corrected chi connectivity index (χ0v) is 16.2. The van der Waals surface area contributed by atoms with Gasteiger partial charge in [-0.05, 0) is 30.4 Å². The van der Waals surface area contributed by atoms with Crippen LogP contribution in [0, 0.1) is 6.92 Å². The summed E-state index contributed by atoms with van der Waals surface area (Å²) in [5.41, 5.74) is 4.66. The second-order valence-electron chi connectivity index (χ2n) is 6.22. The zero-order chi connectivity index (χ0) is 20.4. The molecule has 0 amide bonds. The number of thiophene rings is 1. The minimum absolute atomic E-state index is 0.227. The van der Waals surface area contributed by atoms with E-state index in [4.69, 9.17) is 10.5 Å². The van der Waals surface area contributed by atoms with Gasteiger partial charge >= 0.3 is 11.7 Å². The Labute approximate surface area is 163 Å². The van der Waals surface area contributed by atoms with Crippen LogP contribution in [0.5, 0.6) is 0 Å². The standard InChI is InChI=1S/C19H19N3O5S/c1-3-8-22-16(20)14(17(24)21-19(22)26)12(23)9-27-18(25)15-10(2)11-6-4-5-7-13(11)28-15/h4-7H,3,8-9,20H2,1-2H3,(H,21,24,26). The molecule has 146 valence electrons. The van der Waals surface area contributed by atoms with E-state index in [9.17, 15) is 19.2 Å². The van der Waals surface area contributed by atoms with Crippen molar-refractivity contribution in [2.24, 2.45) is 0 Å². The van der Waals surface area contributed by atoms with Crippen molar-refractivity contribution >= 4 is 39.0 Å². The number of aromatic amines is 1. The summed E-state index contributed by atoms with van der Waals surface area (Å²) in [5, 5.41) is 0.943. The molecule has 3 N–H and O–H groups in total. The van der Waals surface area contributed by atoms with E-state index in [-0.39, 0.29) is 17.9 Å². The predicted molar refractivity (Wildman–Crippen MR) is 107 cm³/mol. The first-order valence-electron chi connectivity index (χ1n) is 8.66. The SMILES string of the molecule is CCCn1c(N)c(C(=O)COC(=O)c2sc3ccccc3c2C)c(=O)[nH]c1=O. The molecule has 0 saturated carbocycles. The van der Waals surface area contributed by atoms with Crippen molar-refractivity contribution in [2.45, 2.75) is 26.8 Å². The number of rotatable bonds is 6. The Hall–Kier alpha value is -3.20. The average Bonchev–Trinajstić information content (AvgIpc) is 3.00. The van der Waals surface area contributed by atoms with E-state index in [1.807, 2.05) is 31.2 Å². The van der Waals surface area contributed by atoms with E-state index >= 15 is 0 Å². The third-order valence-electron chi connectivity index (χ3n) is 4.33. The lowest BCUT2D eigenvalue weighted by Gasteiger charge is -2.11. The second kappa shape index (κ2) is 7.81. The van der Waals surface area contributed by atoms with Gasteiger partial charge in [0.05, 0.1) is 0 Å². The van der Waals surface area contributed by atoms with Crippen molar-refractivity contribution in [3.63, 3.8) is 0 Å². The number of aromatic nitrogens is 2. The van der Waals surface area contributed by atoms with Gasteiger partial charge in [-0.3, -0.25) is 19.1 Å². The Morgan fingerprint density at radius 1 is 1.25 bits per heavy atom. The number of fused-ring (bicyclic) bond motifs is 1. The molecule has 0 bridgehead atoms. The molecule has 3 aromatic rings. The van der Waals surface area contributed by atoms with Crippen molar-refractivity contribution in [2.75, 3.05) is 12.3 Å². The molecule has 0 aliphatic carbocycles. The molecule has 0 unspecified atom stereocenters. The number of carbonyl (C=O) groups is 2. The molecule has 28 heavy (non-hydrogen) atoms. The molecule has 9 heteroatoms. The van der Waals surface area contributed by atoms with E-state index in [0.717, 1.165) is 20.2 Å². The van der Waals surface area contributed by atoms with Crippen molar-refractivity contribution in [3.05, 3.63) is 61.1 Å². The van der Waals surface area contributed by atoms with Gasteiger partial charge in [-0.1, -0.05) is 25.1 Å². The first-order chi connectivity index (χ1) is 13.3. The van der Waals surface area contributed by atoms with Crippen LogP contribution < -0.4 is 17.0 Å². The van der Waals surface area contributed by atoms with Crippen LogP contribution in [0.3, 0.4) is 0 Å². The van der Waals surface area contributed by atoms with E-state index in [2.05, 4.69) is 4.98 Å². The third kappa shape index (κ3) is 3.48. The molecule has 0 fully saturated rings. The molecule has 0 aliphatic rings. The summed E-state index contributed by atoms with van der Waals surface area (Å²) in [6, 6.07) is 7.55. The topological polar surface area (TPSA) is 124 Å². The fraction of sp³-hybridized carbons (Fsp3) is 0.263. The van der Waals surface area contributed by atoms with Gasteiger partial charge in [0.25, 0.3) is 5.56 Å². The van der Waals surface area contributed by atoms with Crippen LogP contribution in [0.15, 0.2) is 33.9 Å². The fourth-order valence-corrected chi connectivity index (χ4v) is 4.04. The maximum absolute atomic E-state index is 12.5. The number of esters is 1. The number of anilines is 1. The lowest BCUT2D eigenvalue weighted by molar-refractivity contribution is 0.0478. The van der Waals surface area contributed by atoms with Crippen molar-refractivity contribution in [1.29, 1.82) is 0 Å². The van der Waals surface area contributed by atoms with Crippen LogP contribution in [0.4, 0.5) is 5.82 Å². The van der Waals surface area contributed by atoms with Crippen LogP contribution in [0.25, 0.3) is 10.1 Å². The smallest absolute Gasteiger partial charge is 0.349 e. The molecular formula is C19H19N3O5S. The van der Waals surface area contributed by atoms with Crippen LogP contribution in [-0.4, -0.2) is 27.9 Å². The highest BCUT2D eigenvalue weighted by Gasteiger charge is 2.22. The quantitative estimate of drug-likeness (QED) is 0.481. The zero-order valence-electron chi connectivity index (χ0n) is 15.4. The van der Waals surface area contributed by atoms with Gasteiger partial charge in [-0.25, -0.2) is 9.59 Å². The Kier molecular flexibility index (Phi) is 5.46. The van der Waals surface area contributed by atoms with E-state index < -0.39 is 29.6 Å². The van der Waals surface area contributed by atoms with Crippen LogP contribution >= 0.6 is 11.3 Å². The Balaban J connectivity index is 1.83. The molecule has 0 atom stereocenters. The molecule has 0 spiro atoms. The van der Waals surface area contributed by atoms with Crippen molar-refractivity contribution in [1.82, 2.24) is 9.55 Å². The van der Waals surface area contributed by atoms with Crippen molar-refractivity contribution in [3.8, 4) is 0 Å². The average molecular weight is 401 g/mol. The summed E-state index contributed by atoms with van der Waals surface area (Å²) in [7, 11) is 0. The fourth-order valence-electron chi connectivity index (χ4n) is 2.94. The van der Waals surface area contributed by atoms with Gasteiger partial charge in [0.2, 0.25) is 5.78 Å². The number of hydrogen-bond donors (Lipinski definition) is 2. The summed E-state index contributed by atoms with van der Waals surface area (Å²) in [5.74, 6) is -1.64. The number of nitrogens with zero attached hydrogens (tertiary/aromatic N) is 1. The first-order valence-corrected chi connectivity index (χ1v) is 9.47. The molecule has 1 aromatic carbocycles. The number of nitrogen functional groups attached to an aromatic ring is 1. The Morgan fingerprint density at radius 2 is 1.96 bits per heavy atom. The summed E-state index contributed by atoms with van der Waals surface area (Å²) < 4.78 is 7.17. The number of ether oxygens (including phenoxy) is 1. The minimum Gasteiger partial charge on any atom is -0.453 e. The minimum atomic E-state index is -0.894. The summed E-state index contributed by atoms with van der Waals surface area (Å²) in [6.07, 6.45) is 0.587. The first kappa shape index (κ1) is 19.6. The number of nitrogens with one attached hydrogen (secondary N) is 1. The maximum atomic E-state index is 12.5. The second-order valence-corrected chi connectivity index (χ2v) is 7.28. The number of benzene rings is 1. The van der Waals surface area contributed by atoms with Crippen LogP contribution in [0.1, 0.15) is 38.9 Å². The van der Waals surface area contributed by atoms with E-state index in [1.54, 1.807) is 6.92 Å². The molecule has 3 rings (SSSR count). The molecule has 0 aliphatic heterocycles. The molecular weight excluding hydrogens is 382 g/mol. The summed E-state index contributed by atoms with van der Waals surface area (Å²) in [4.78, 5) is 51.2. The molecule has 0 saturated heterocycles. The van der Waals surface area contributed by atoms with E-state index in [0.29, 0.717) is 11.3 Å². The highest BCUT2D eigenvalue weighted by atomic mass is 32.1. The summed E-state index contributed by atoms with van der Waals surface area (Å²) in [6.45, 7) is 3.24. The number of hydrogen-bond acceptors (Lipinski definition) is 7. The number of nitrogens with two attached hydrogens (primary N) is 1.